The minimum atomic E-state index is -0.248. The molecule has 0 spiro atoms. The second-order valence-electron chi connectivity index (χ2n) is 8.24. The molecule has 1 amide bonds. The monoisotopic (exact) mass is 455 g/mol. The lowest BCUT2D eigenvalue weighted by Gasteiger charge is -2.18. The quantitative estimate of drug-likeness (QED) is 0.361. The molecular weight excluding hydrogens is 430 g/mol. The predicted octanol–water partition coefficient (Wildman–Crippen LogP) is 6.23. The zero-order chi connectivity index (χ0) is 23.7. The van der Waals surface area contributed by atoms with E-state index in [4.69, 9.17) is 18.6 Å². The van der Waals surface area contributed by atoms with Gasteiger partial charge in [-0.1, -0.05) is 29.8 Å². The molecule has 4 aromatic rings. The van der Waals surface area contributed by atoms with Crippen molar-refractivity contribution < 1.29 is 23.4 Å². The minimum absolute atomic E-state index is 0.248. The van der Waals surface area contributed by atoms with Crippen molar-refractivity contribution in [1.29, 1.82) is 0 Å². The van der Waals surface area contributed by atoms with Gasteiger partial charge in [-0.3, -0.25) is 4.79 Å². The molecule has 34 heavy (non-hydrogen) atoms. The molecule has 1 aromatic heterocycles. The third-order valence-corrected chi connectivity index (χ3v) is 5.84. The third kappa shape index (κ3) is 4.22. The fourth-order valence-electron chi connectivity index (χ4n) is 4.06. The summed E-state index contributed by atoms with van der Waals surface area (Å²) < 4.78 is 22.6. The number of benzene rings is 3. The van der Waals surface area contributed by atoms with Gasteiger partial charge >= 0.3 is 0 Å². The van der Waals surface area contributed by atoms with Gasteiger partial charge in [-0.25, -0.2) is 0 Å². The van der Waals surface area contributed by atoms with Crippen molar-refractivity contribution in [2.45, 2.75) is 13.8 Å². The molecule has 2 heterocycles. The van der Waals surface area contributed by atoms with Gasteiger partial charge < -0.3 is 23.9 Å². The number of carbonyl (C=O) groups excluding carboxylic acids is 1. The van der Waals surface area contributed by atoms with E-state index in [2.05, 4.69) is 36.5 Å². The highest BCUT2D eigenvalue weighted by molar-refractivity contribution is 6.05. The lowest BCUT2D eigenvalue weighted by atomic mass is 9.99. The summed E-state index contributed by atoms with van der Waals surface area (Å²) >= 11 is 0. The Morgan fingerprint density at radius 3 is 2.53 bits per heavy atom. The van der Waals surface area contributed by atoms with E-state index in [1.807, 2.05) is 19.1 Å². The molecule has 0 fully saturated rings. The van der Waals surface area contributed by atoms with Crippen LogP contribution in [0.5, 0.6) is 17.2 Å². The Morgan fingerprint density at radius 2 is 1.76 bits per heavy atom. The van der Waals surface area contributed by atoms with Gasteiger partial charge in [-0.05, 0) is 43.2 Å². The van der Waals surface area contributed by atoms with E-state index < -0.39 is 0 Å². The summed E-state index contributed by atoms with van der Waals surface area (Å²) in [6, 6.07) is 17.5. The van der Waals surface area contributed by atoms with E-state index in [-0.39, 0.29) is 5.91 Å². The summed E-state index contributed by atoms with van der Waals surface area (Å²) in [6.07, 6.45) is 3.32. The summed E-state index contributed by atoms with van der Waals surface area (Å²) in [4.78, 5) is 12.8. The molecule has 5 rings (SSSR count). The molecule has 0 atom stereocenters. The van der Waals surface area contributed by atoms with E-state index in [1.54, 1.807) is 37.6 Å². The lowest BCUT2D eigenvalue weighted by molar-refractivity contribution is -0.111. The van der Waals surface area contributed by atoms with Crippen molar-refractivity contribution in [3.63, 3.8) is 0 Å². The average Bonchev–Trinajstić information content (AvgIpc) is 3.26. The number of hydrogen-bond acceptors (Lipinski definition) is 5. The zero-order valence-electron chi connectivity index (χ0n) is 19.3. The van der Waals surface area contributed by atoms with Gasteiger partial charge in [0.25, 0.3) is 0 Å². The normalized spacial score (nSPS) is 13.1. The number of fused-ring (bicyclic) bond motifs is 2. The van der Waals surface area contributed by atoms with E-state index in [0.717, 1.165) is 33.2 Å². The predicted molar refractivity (Wildman–Crippen MR) is 133 cm³/mol. The maximum atomic E-state index is 12.8. The largest absolute Gasteiger partial charge is 0.496 e. The Hall–Kier alpha value is -4.19. The smallest absolute Gasteiger partial charge is 0.248 e. The number of methoxy groups -OCH3 is 1. The second-order valence-corrected chi connectivity index (χ2v) is 8.24. The van der Waals surface area contributed by atoms with Gasteiger partial charge in [0.1, 0.15) is 24.5 Å². The molecule has 6 heteroatoms. The van der Waals surface area contributed by atoms with E-state index in [9.17, 15) is 4.79 Å². The molecule has 0 aliphatic carbocycles. The number of furan rings is 1. The number of anilines is 1. The topological polar surface area (TPSA) is 69.9 Å². The number of hydrogen-bond donors (Lipinski definition) is 1. The SMILES string of the molecule is COc1cc2occ(-c3ccc(C)cc3)c2cc1/C(C)=C/C(=O)Nc1ccc2c(c1)OCCO2. The van der Waals surface area contributed by atoms with Crippen molar-refractivity contribution in [3.05, 3.63) is 78.1 Å². The Labute approximate surface area is 197 Å². The van der Waals surface area contributed by atoms with Crippen LogP contribution in [0.4, 0.5) is 5.69 Å². The number of rotatable bonds is 5. The van der Waals surface area contributed by atoms with Gasteiger partial charge in [0, 0.05) is 40.4 Å². The number of ether oxygens (including phenoxy) is 3. The van der Waals surface area contributed by atoms with Crippen LogP contribution in [0.1, 0.15) is 18.1 Å². The number of allylic oxidation sites excluding steroid dienone is 1. The molecule has 0 radical (unpaired) electrons. The maximum absolute atomic E-state index is 12.8. The molecule has 1 aliphatic rings. The third-order valence-electron chi connectivity index (χ3n) is 5.84. The first-order valence-electron chi connectivity index (χ1n) is 11.1. The fourth-order valence-corrected chi connectivity index (χ4v) is 4.06. The number of nitrogens with one attached hydrogen (secondary N) is 1. The van der Waals surface area contributed by atoms with Gasteiger partial charge in [0.15, 0.2) is 11.5 Å². The number of amides is 1. The van der Waals surface area contributed by atoms with Crippen molar-refractivity contribution in [3.8, 4) is 28.4 Å². The first-order valence-corrected chi connectivity index (χ1v) is 11.1. The van der Waals surface area contributed by atoms with Crippen LogP contribution in [-0.2, 0) is 4.79 Å². The van der Waals surface area contributed by atoms with Gasteiger partial charge in [0.2, 0.25) is 5.91 Å². The summed E-state index contributed by atoms with van der Waals surface area (Å²) in [7, 11) is 1.61. The summed E-state index contributed by atoms with van der Waals surface area (Å²) in [6.45, 7) is 4.96. The highest BCUT2D eigenvalue weighted by Gasteiger charge is 2.16. The fraction of sp³-hybridized carbons (Fsp3) is 0.179. The molecular formula is C28H25NO5. The van der Waals surface area contributed by atoms with Crippen molar-refractivity contribution in [2.24, 2.45) is 0 Å². The van der Waals surface area contributed by atoms with Crippen LogP contribution in [0.15, 0.2) is 71.4 Å². The number of carbonyl (C=O) groups is 1. The van der Waals surface area contributed by atoms with Crippen LogP contribution >= 0.6 is 0 Å². The molecule has 172 valence electrons. The molecule has 1 N–H and O–H groups in total. The van der Waals surface area contributed by atoms with Crippen LogP contribution in [-0.4, -0.2) is 26.2 Å². The Bertz CT molecular complexity index is 1400. The van der Waals surface area contributed by atoms with Gasteiger partial charge in [-0.2, -0.15) is 0 Å². The molecule has 1 aliphatic heterocycles. The molecule has 6 nitrogen and oxygen atoms in total. The molecule has 0 unspecified atom stereocenters. The second kappa shape index (κ2) is 8.98. The zero-order valence-corrected chi connectivity index (χ0v) is 19.3. The van der Waals surface area contributed by atoms with Crippen LogP contribution < -0.4 is 19.5 Å². The first kappa shape index (κ1) is 21.6. The van der Waals surface area contributed by atoms with E-state index >= 15 is 0 Å². The van der Waals surface area contributed by atoms with Crippen molar-refractivity contribution in [2.75, 3.05) is 25.6 Å². The van der Waals surface area contributed by atoms with Gasteiger partial charge in [-0.15, -0.1) is 0 Å². The maximum Gasteiger partial charge on any atom is 0.248 e. The van der Waals surface area contributed by atoms with Crippen LogP contribution in [0.3, 0.4) is 0 Å². The summed E-state index contributed by atoms with van der Waals surface area (Å²) in [5.41, 5.74) is 6.21. The molecule has 3 aromatic carbocycles. The van der Waals surface area contributed by atoms with Crippen molar-refractivity contribution >= 4 is 28.1 Å². The Balaban J connectivity index is 1.45. The standard InChI is InChI=1S/C28H25NO5/c1-17-4-6-19(7-5-17)23-16-34-26-15-25(31-3)21(14-22(23)26)18(2)12-28(30)29-20-8-9-24-27(13-20)33-11-10-32-24/h4-9,12-16H,10-11H2,1-3H3,(H,29,30)/b18-12+. The molecule has 0 saturated carbocycles. The molecule has 0 bridgehead atoms. The minimum Gasteiger partial charge on any atom is -0.496 e. The van der Waals surface area contributed by atoms with Crippen LogP contribution in [0.2, 0.25) is 0 Å². The summed E-state index contributed by atoms with van der Waals surface area (Å²) in [5, 5.41) is 3.85. The van der Waals surface area contributed by atoms with Crippen LogP contribution in [0.25, 0.3) is 27.7 Å². The highest BCUT2D eigenvalue weighted by atomic mass is 16.6. The van der Waals surface area contributed by atoms with Crippen molar-refractivity contribution in [1.82, 2.24) is 0 Å². The molecule has 0 saturated heterocycles. The Kier molecular flexibility index (Phi) is 5.72. The van der Waals surface area contributed by atoms with Gasteiger partial charge in [0.05, 0.1) is 13.4 Å². The number of aryl methyl sites for hydroxylation is 1. The van der Waals surface area contributed by atoms with Crippen LogP contribution in [0, 0.1) is 6.92 Å². The highest BCUT2D eigenvalue weighted by Crippen LogP contribution is 2.37. The van der Waals surface area contributed by atoms with E-state index in [1.165, 1.54) is 5.56 Å². The average molecular weight is 456 g/mol. The Morgan fingerprint density at radius 1 is 1.00 bits per heavy atom. The lowest BCUT2D eigenvalue weighted by Crippen LogP contribution is -2.16. The first-order chi connectivity index (χ1) is 16.5. The van der Waals surface area contributed by atoms with E-state index in [0.29, 0.717) is 36.1 Å². The summed E-state index contributed by atoms with van der Waals surface area (Å²) in [5.74, 6) is 1.69.